The molecule has 0 aliphatic carbocycles. The highest BCUT2D eigenvalue weighted by molar-refractivity contribution is 7.86. The molecule has 0 bridgehead atoms. The highest BCUT2D eigenvalue weighted by Gasteiger charge is 2.19. The first kappa shape index (κ1) is 12.9. The van der Waals surface area contributed by atoms with Gasteiger partial charge in [0, 0.05) is 23.0 Å². The molecule has 18 heavy (non-hydrogen) atoms. The number of benzene rings is 1. The predicted octanol–water partition coefficient (Wildman–Crippen LogP) is 1.19. The van der Waals surface area contributed by atoms with Gasteiger partial charge in [0.25, 0.3) is 10.1 Å². The van der Waals surface area contributed by atoms with Crippen molar-refractivity contribution in [2.45, 2.75) is 25.1 Å². The number of fused-ring (bicyclic) bond motifs is 1. The molecule has 0 saturated heterocycles. The van der Waals surface area contributed by atoms with Gasteiger partial charge < -0.3 is 0 Å². The number of hydrogen-bond donors (Lipinski definition) is 1. The number of nitrogens with zero attached hydrogens (tertiary/aromatic N) is 2. The van der Waals surface area contributed by atoms with Gasteiger partial charge in [0.15, 0.2) is 12.7 Å². The van der Waals surface area contributed by atoms with E-state index in [9.17, 15) is 8.42 Å². The summed E-state index contributed by atoms with van der Waals surface area (Å²) in [7, 11) is -3.96. The molecule has 0 aliphatic heterocycles. The van der Waals surface area contributed by atoms with Gasteiger partial charge in [-0.25, -0.2) is 0 Å². The van der Waals surface area contributed by atoms with Gasteiger partial charge in [-0.2, -0.15) is 8.42 Å². The largest absolute Gasteiger partial charge is 0.285 e. The number of aryl methyl sites for hydroxylation is 1. The van der Waals surface area contributed by atoms with Crippen molar-refractivity contribution in [1.82, 2.24) is 5.10 Å². The fourth-order valence-electron chi connectivity index (χ4n) is 1.65. The van der Waals surface area contributed by atoms with Crippen molar-refractivity contribution < 1.29 is 17.7 Å². The molecular formula is C12H15N2O3S+. The Morgan fingerprint density at radius 3 is 2.78 bits per heavy atom. The molecule has 2 aromatic rings. The summed E-state index contributed by atoms with van der Waals surface area (Å²) in [4.78, 5) is 0. The molecule has 1 unspecified atom stereocenters. The average Bonchev–Trinajstić information content (AvgIpc) is 2.34. The van der Waals surface area contributed by atoms with Crippen LogP contribution in [-0.4, -0.2) is 23.3 Å². The Bertz CT molecular complexity index is 655. The minimum Gasteiger partial charge on any atom is -0.285 e. The van der Waals surface area contributed by atoms with Crippen molar-refractivity contribution in [2.24, 2.45) is 0 Å². The van der Waals surface area contributed by atoms with E-state index in [2.05, 4.69) is 5.10 Å². The Kier molecular flexibility index (Phi) is 3.58. The predicted molar refractivity (Wildman–Crippen MR) is 67.6 cm³/mol. The van der Waals surface area contributed by atoms with Gasteiger partial charge in [-0.1, -0.05) is 22.9 Å². The number of hydrogen-bond acceptors (Lipinski definition) is 3. The summed E-state index contributed by atoms with van der Waals surface area (Å²) in [5.74, 6) is 0. The lowest BCUT2D eigenvalue weighted by Crippen LogP contribution is -2.39. The zero-order chi connectivity index (χ0) is 13.2. The molecule has 96 valence electrons. The van der Waals surface area contributed by atoms with Crippen molar-refractivity contribution >= 4 is 21.0 Å². The van der Waals surface area contributed by atoms with Crippen molar-refractivity contribution in [3.8, 4) is 0 Å². The molecular weight excluding hydrogens is 252 g/mol. The maximum atomic E-state index is 10.9. The third kappa shape index (κ3) is 3.02. The van der Waals surface area contributed by atoms with Crippen molar-refractivity contribution in [3.05, 3.63) is 36.5 Å². The normalized spacial score (nSPS) is 13.7. The van der Waals surface area contributed by atoms with E-state index >= 15 is 0 Å². The summed E-state index contributed by atoms with van der Waals surface area (Å²) in [6.07, 6.45) is 2.13. The fourth-order valence-corrected chi connectivity index (χ4v) is 2.05. The van der Waals surface area contributed by atoms with Crippen molar-refractivity contribution in [2.75, 3.05) is 0 Å². The van der Waals surface area contributed by atoms with Crippen LogP contribution in [0.2, 0.25) is 0 Å². The highest BCUT2D eigenvalue weighted by atomic mass is 32.2. The maximum Gasteiger partial charge on any atom is 0.267 e. The van der Waals surface area contributed by atoms with E-state index in [-0.39, 0.29) is 0 Å². The van der Waals surface area contributed by atoms with E-state index < -0.39 is 15.4 Å². The Morgan fingerprint density at radius 1 is 1.33 bits per heavy atom. The van der Waals surface area contributed by atoms with Crippen LogP contribution in [-0.2, 0) is 16.7 Å². The summed E-state index contributed by atoms with van der Waals surface area (Å²) >= 11 is 0. The Morgan fingerprint density at radius 2 is 2.06 bits per heavy atom. The fraction of sp³-hybridized carbons (Fsp3) is 0.333. The average molecular weight is 267 g/mol. The smallest absolute Gasteiger partial charge is 0.267 e. The van der Waals surface area contributed by atoms with Gasteiger partial charge in [0.05, 0.1) is 5.25 Å². The van der Waals surface area contributed by atoms with E-state index in [1.165, 1.54) is 6.92 Å². The van der Waals surface area contributed by atoms with Gasteiger partial charge in [-0.3, -0.25) is 4.55 Å². The second-order valence-corrected chi connectivity index (χ2v) is 6.09. The standard InChI is InChI=1S/C12H14N2O3S/c1-10(18(15,16)17)6-8-14-9-7-11-4-2-3-5-12(11)13-14/h2-5,7,9-10H,6,8H2,1H3/p+1. The van der Waals surface area contributed by atoms with E-state index in [0.29, 0.717) is 13.0 Å². The van der Waals surface area contributed by atoms with E-state index in [1.807, 2.05) is 30.3 Å². The Labute approximate surface area is 106 Å². The molecule has 6 heteroatoms. The van der Waals surface area contributed by atoms with Gasteiger partial charge in [0.1, 0.15) is 5.52 Å². The molecule has 0 saturated carbocycles. The molecule has 2 rings (SSSR count). The lowest BCUT2D eigenvalue weighted by molar-refractivity contribution is -0.751. The topological polar surface area (TPSA) is 71.1 Å². The molecule has 0 radical (unpaired) electrons. The second-order valence-electron chi connectivity index (χ2n) is 4.25. The number of aromatic nitrogens is 2. The molecule has 0 amide bonds. The third-order valence-electron chi connectivity index (χ3n) is 2.87. The lowest BCUT2D eigenvalue weighted by atomic mass is 10.2. The van der Waals surface area contributed by atoms with E-state index in [0.717, 1.165) is 10.9 Å². The molecule has 0 fully saturated rings. The third-order valence-corrected chi connectivity index (χ3v) is 4.12. The van der Waals surface area contributed by atoms with Crippen LogP contribution in [0.15, 0.2) is 36.5 Å². The van der Waals surface area contributed by atoms with Crippen LogP contribution in [0.4, 0.5) is 0 Å². The second kappa shape index (κ2) is 4.99. The quantitative estimate of drug-likeness (QED) is 0.667. The molecule has 0 aliphatic rings. The lowest BCUT2D eigenvalue weighted by Gasteiger charge is -2.04. The van der Waals surface area contributed by atoms with Gasteiger partial charge in [-0.05, 0) is 13.0 Å². The SMILES string of the molecule is CC(CC[n+]1ccc2ccccc2n1)S(=O)(=O)O. The van der Waals surface area contributed by atoms with Crippen molar-refractivity contribution in [1.29, 1.82) is 0 Å². The summed E-state index contributed by atoms with van der Waals surface area (Å²) < 4.78 is 32.3. The van der Waals surface area contributed by atoms with Crippen LogP contribution in [0.3, 0.4) is 0 Å². The molecule has 0 spiro atoms. The molecule has 1 atom stereocenters. The van der Waals surface area contributed by atoms with Crippen LogP contribution < -0.4 is 4.68 Å². The van der Waals surface area contributed by atoms with Gasteiger partial charge >= 0.3 is 0 Å². The maximum absolute atomic E-state index is 10.9. The zero-order valence-corrected chi connectivity index (χ0v) is 10.8. The highest BCUT2D eigenvalue weighted by Crippen LogP contribution is 2.07. The molecule has 1 aromatic heterocycles. The van der Waals surface area contributed by atoms with Crippen LogP contribution in [0, 0.1) is 0 Å². The first-order chi connectivity index (χ1) is 8.47. The first-order valence-electron chi connectivity index (χ1n) is 5.68. The first-order valence-corrected chi connectivity index (χ1v) is 7.19. The summed E-state index contributed by atoms with van der Waals surface area (Å²) in [6.45, 7) is 1.93. The monoisotopic (exact) mass is 267 g/mol. The van der Waals surface area contributed by atoms with Crippen LogP contribution in [0.25, 0.3) is 10.9 Å². The Hall–Kier alpha value is -1.53. The van der Waals surface area contributed by atoms with Gasteiger partial charge in [0.2, 0.25) is 0 Å². The van der Waals surface area contributed by atoms with Crippen LogP contribution >= 0.6 is 0 Å². The molecule has 1 N–H and O–H groups in total. The van der Waals surface area contributed by atoms with Crippen LogP contribution in [0.5, 0.6) is 0 Å². The van der Waals surface area contributed by atoms with Gasteiger partial charge in [-0.15, -0.1) is 0 Å². The Balaban J connectivity index is 2.13. The minimum atomic E-state index is -3.96. The summed E-state index contributed by atoms with van der Waals surface area (Å²) in [6, 6.07) is 9.64. The van der Waals surface area contributed by atoms with Crippen LogP contribution in [0.1, 0.15) is 13.3 Å². The van der Waals surface area contributed by atoms with E-state index in [1.54, 1.807) is 10.9 Å². The molecule has 5 nitrogen and oxygen atoms in total. The van der Waals surface area contributed by atoms with E-state index in [4.69, 9.17) is 4.55 Å². The minimum absolute atomic E-state index is 0.328. The summed E-state index contributed by atoms with van der Waals surface area (Å²) in [5, 5.41) is 4.63. The molecule has 1 aromatic carbocycles. The van der Waals surface area contributed by atoms with Crippen molar-refractivity contribution in [3.63, 3.8) is 0 Å². The zero-order valence-electron chi connectivity index (χ0n) is 10.0. The number of rotatable bonds is 4. The molecule has 1 heterocycles. The summed E-state index contributed by atoms with van der Waals surface area (Å²) in [5.41, 5.74) is 0.861.